The second kappa shape index (κ2) is 5.20. The summed E-state index contributed by atoms with van der Waals surface area (Å²) >= 11 is 0. The first-order valence-corrected chi connectivity index (χ1v) is 3.25. The van der Waals surface area contributed by atoms with Crippen molar-refractivity contribution < 1.29 is 15.0 Å². The third kappa shape index (κ3) is 5.53. The van der Waals surface area contributed by atoms with Gasteiger partial charge in [-0.3, -0.25) is 4.79 Å². The number of carbonyl (C=O) groups excluding carboxylic acids is 1. The van der Waals surface area contributed by atoms with Crippen molar-refractivity contribution in [2.24, 2.45) is 0 Å². The number of hydrogen-bond donors (Lipinski definition) is 3. The maximum Gasteiger partial charge on any atom is 0.222 e. The molecular formula is C6H13NO3. The Hall–Kier alpha value is -0.610. The molecule has 10 heavy (non-hydrogen) atoms. The van der Waals surface area contributed by atoms with Crippen LogP contribution in [0, 0.1) is 0 Å². The molecule has 1 atom stereocenters. The highest BCUT2D eigenvalue weighted by Gasteiger charge is 2.01. The SMILES string of the molecule is CC(O)NC(=O)CCCO. The van der Waals surface area contributed by atoms with Crippen LogP contribution in [0.1, 0.15) is 19.8 Å². The largest absolute Gasteiger partial charge is 0.396 e. The highest BCUT2D eigenvalue weighted by molar-refractivity contribution is 5.75. The zero-order valence-corrected chi connectivity index (χ0v) is 6.00. The predicted octanol–water partition coefficient (Wildman–Crippen LogP) is -0.787. The lowest BCUT2D eigenvalue weighted by Gasteiger charge is -2.05. The Balaban J connectivity index is 3.26. The fraction of sp³-hybridized carbons (Fsp3) is 0.833. The van der Waals surface area contributed by atoms with Gasteiger partial charge in [-0.1, -0.05) is 0 Å². The number of amides is 1. The zero-order chi connectivity index (χ0) is 7.98. The van der Waals surface area contributed by atoms with Crippen molar-refractivity contribution in [2.45, 2.75) is 26.0 Å². The number of hydrogen-bond acceptors (Lipinski definition) is 3. The first-order chi connectivity index (χ1) is 4.66. The Morgan fingerprint density at radius 1 is 1.70 bits per heavy atom. The summed E-state index contributed by atoms with van der Waals surface area (Å²) in [4.78, 5) is 10.6. The molecule has 0 saturated heterocycles. The standard InChI is InChI=1S/C6H13NO3/c1-5(9)7-6(10)3-2-4-8/h5,8-9H,2-4H2,1H3,(H,7,10). The third-order valence-corrected chi connectivity index (χ3v) is 0.932. The fourth-order valence-corrected chi connectivity index (χ4v) is 0.545. The summed E-state index contributed by atoms with van der Waals surface area (Å²) in [5, 5.41) is 19.2. The lowest BCUT2D eigenvalue weighted by Crippen LogP contribution is -2.31. The van der Waals surface area contributed by atoms with Crippen molar-refractivity contribution in [3.8, 4) is 0 Å². The van der Waals surface area contributed by atoms with E-state index >= 15 is 0 Å². The molecule has 0 fully saturated rings. The van der Waals surface area contributed by atoms with E-state index < -0.39 is 6.23 Å². The van der Waals surface area contributed by atoms with Crippen LogP contribution in [0.25, 0.3) is 0 Å². The maximum atomic E-state index is 10.6. The molecule has 0 radical (unpaired) electrons. The van der Waals surface area contributed by atoms with Crippen LogP contribution in [-0.4, -0.2) is 29.0 Å². The summed E-state index contributed by atoms with van der Waals surface area (Å²) in [5.41, 5.74) is 0. The Morgan fingerprint density at radius 2 is 2.30 bits per heavy atom. The molecule has 1 amide bonds. The summed E-state index contributed by atoms with van der Waals surface area (Å²) < 4.78 is 0. The minimum atomic E-state index is -0.800. The fourth-order valence-electron chi connectivity index (χ4n) is 0.545. The lowest BCUT2D eigenvalue weighted by atomic mass is 10.3. The van der Waals surface area contributed by atoms with Crippen molar-refractivity contribution in [3.05, 3.63) is 0 Å². The van der Waals surface area contributed by atoms with E-state index in [0.717, 1.165) is 0 Å². The predicted molar refractivity (Wildman–Crippen MR) is 36.1 cm³/mol. The van der Waals surface area contributed by atoms with Gasteiger partial charge >= 0.3 is 0 Å². The molecule has 4 heteroatoms. The average Bonchev–Trinajstić information content (AvgIpc) is 1.82. The first kappa shape index (κ1) is 9.39. The number of aliphatic hydroxyl groups is 2. The van der Waals surface area contributed by atoms with Crippen LogP contribution in [-0.2, 0) is 4.79 Å². The normalized spacial score (nSPS) is 12.7. The Labute approximate surface area is 59.9 Å². The molecule has 60 valence electrons. The molecule has 3 N–H and O–H groups in total. The number of carbonyl (C=O) groups is 1. The van der Waals surface area contributed by atoms with Crippen molar-refractivity contribution >= 4 is 5.91 Å². The summed E-state index contributed by atoms with van der Waals surface area (Å²) in [6.07, 6.45) is -0.0915. The van der Waals surface area contributed by atoms with E-state index in [0.29, 0.717) is 6.42 Å². The zero-order valence-electron chi connectivity index (χ0n) is 6.00. The Bertz CT molecular complexity index is 103. The van der Waals surface area contributed by atoms with E-state index in [9.17, 15) is 4.79 Å². The van der Waals surface area contributed by atoms with Crippen LogP contribution in [0.2, 0.25) is 0 Å². The van der Waals surface area contributed by atoms with Gasteiger partial charge in [0.15, 0.2) is 0 Å². The molecule has 0 rings (SSSR count). The molecule has 0 aromatic carbocycles. The number of nitrogens with one attached hydrogen (secondary N) is 1. The van der Waals surface area contributed by atoms with Crippen LogP contribution >= 0.6 is 0 Å². The second-order valence-corrected chi connectivity index (χ2v) is 2.07. The van der Waals surface area contributed by atoms with Gasteiger partial charge in [0.05, 0.1) is 0 Å². The molecule has 0 aromatic rings. The number of rotatable bonds is 4. The lowest BCUT2D eigenvalue weighted by molar-refractivity contribution is -0.123. The maximum absolute atomic E-state index is 10.6. The van der Waals surface area contributed by atoms with E-state index in [4.69, 9.17) is 10.2 Å². The van der Waals surface area contributed by atoms with Crippen LogP contribution in [0.3, 0.4) is 0 Å². The van der Waals surface area contributed by atoms with Crippen molar-refractivity contribution in [1.82, 2.24) is 5.32 Å². The molecule has 0 heterocycles. The van der Waals surface area contributed by atoms with Gasteiger partial charge in [-0.05, 0) is 13.3 Å². The van der Waals surface area contributed by atoms with E-state index in [1.165, 1.54) is 6.92 Å². The van der Waals surface area contributed by atoms with Crippen LogP contribution in [0.4, 0.5) is 0 Å². The van der Waals surface area contributed by atoms with Gasteiger partial charge in [0.25, 0.3) is 0 Å². The summed E-state index contributed by atoms with van der Waals surface area (Å²) in [6.45, 7) is 1.48. The molecule has 0 aliphatic carbocycles. The van der Waals surface area contributed by atoms with Gasteiger partial charge in [0, 0.05) is 13.0 Å². The molecule has 0 bridgehead atoms. The van der Waals surface area contributed by atoms with E-state index in [-0.39, 0.29) is 18.9 Å². The van der Waals surface area contributed by atoms with Gasteiger partial charge in [-0.15, -0.1) is 0 Å². The minimum Gasteiger partial charge on any atom is -0.396 e. The smallest absolute Gasteiger partial charge is 0.222 e. The number of aliphatic hydroxyl groups excluding tert-OH is 2. The van der Waals surface area contributed by atoms with Crippen LogP contribution in [0.15, 0.2) is 0 Å². The van der Waals surface area contributed by atoms with E-state index in [2.05, 4.69) is 5.32 Å². The molecule has 0 aromatic heterocycles. The molecular weight excluding hydrogens is 134 g/mol. The van der Waals surface area contributed by atoms with Gasteiger partial charge in [0.2, 0.25) is 5.91 Å². The molecule has 0 aliphatic heterocycles. The van der Waals surface area contributed by atoms with Gasteiger partial charge in [0.1, 0.15) is 6.23 Å². The minimum absolute atomic E-state index is 0.00717. The molecule has 0 spiro atoms. The quantitative estimate of drug-likeness (QED) is 0.456. The third-order valence-electron chi connectivity index (χ3n) is 0.932. The summed E-state index contributed by atoms with van der Waals surface area (Å²) in [5.74, 6) is -0.232. The van der Waals surface area contributed by atoms with Gasteiger partial charge in [-0.2, -0.15) is 0 Å². The van der Waals surface area contributed by atoms with Crippen molar-refractivity contribution in [1.29, 1.82) is 0 Å². The molecule has 0 saturated carbocycles. The van der Waals surface area contributed by atoms with Gasteiger partial charge < -0.3 is 15.5 Å². The average molecular weight is 147 g/mol. The topological polar surface area (TPSA) is 69.6 Å². The van der Waals surface area contributed by atoms with Gasteiger partial charge in [-0.25, -0.2) is 0 Å². The van der Waals surface area contributed by atoms with Crippen molar-refractivity contribution in [3.63, 3.8) is 0 Å². The Morgan fingerprint density at radius 3 is 2.70 bits per heavy atom. The highest BCUT2D eigenvalue weighted by atomic mass is 16.3. The first-order valence-electron chi connectivity index (χ1n) is 3.25. The van der Waals surface area contributed by atoms with Crippen LogP contribution < -0.4 is 5.32 Å². The van der Waals surface area contributed by atoms with Crippen molar-refractivity contribution in [2.75, 3.05) is 6.61 Å². The monoisotopic (exact) mass is 147 g/mol. The highest BCUT2D eigenvalue weighted by Crippen LogP contribution is 1.86. The second-order valence-electron chi connectivity index (χ2n) is 2.07. The van der Waals surface area contributed by atoms with E-state index in [1.54, 1.807) is 0 Å². The van der Waals surface area contributed by atoms with Crippen LogP contribution in [0.5, 0.6) is 0 Å². The molecule has 4 nitrogen and oxygen atoms in total. The Kier molecular flexibility index (Phi) is 4.88. The summed E-state index contributed by atoms with van der Waals surface area (Å²) in [6, 6.07) is 0. The molecule has 1 unspecified atom stereocenters. The summed E-state index contributed by atoms with van der Waals surface area (Å²) in [7, 11) is 0. The molecule has 0 aliphatic rings. The van der Waals surface area contributed by atoms with E-state index in [1.807, 2.05) is 0 Å².